The summed E-state index contributed by atoms with van der Waals surface area (Å²) in [6.07, 6.45) is 6.81. The van der Waals surface area contributed by atoms with Gasteiger partial charge in [-0.25, -0.2) is 0 Å². The van der Waals surface area contributed by atoms with E-state index in [-0.39, 0.29) is 18.0 Å². The lowest BCUT2D eigenvalue weighted by Gasteiger charge is -2.22. The van der Waals surface area contributed by atoms with Gasteiger partial charge in [-0.05, 0) is 58.8 Å². The zero-order valence-electron chi connectivity index (χ0n) is 13.6. The Morgan fingerprint density at radius 1 is 1.30 bits per heavy atom. The monoisotopic (exact) mass is 283 g/mol. The standard InChI is InChI=1S/C16H33N3O/c1-4-19(5-2)13-9-10-14(3)18-16(20)15-11-7-6-8-12-17-15/h14-15,17H,4-13H2,1-3H3,(H,18,20). The molecule has 1 heterocycles. The topological polar surface area (TPSA) is 44.4 Å². The Bertz CT molecular complexity index is 258. The highest BCUT2D eigenvalue weighted by Gasteiger charge is 2.20. The number of rotatable bonds is 8. The highest BCUT2D eigenvalue weighted by Crippen LogP contribution is 2.09. The Morgan fingerprint density at radius 3 is 2.75 bits per heavy atom. The molecule has 4 nitrogen and oxygen atoms in total. The van der Waals surface area contributed by atoms with E-state index < -0.39 is 0 Å². The fraction of sp³-hybridized carbons (Fsp3) is 0.938. The van der Waals surface area contributed by atoms with Gasteiger partial charge in [0, 0.05) is 6.04 Å². The predicted octanol–water partition coefficient (Wildman–Crippen LogP) is 2.15. The van der Waals surface area contributed by atoms with E-state index in [1.165, 1.54) is 19.3 Å². The van der Waals surface area contributed by atoms with Gasteiger partial charge in [-0.15, -0.1) is 0 Å². The van der Waals surface area contributed by atoms with Crippen LogP contribution in [0.1, 0.15) is 59.3 Å². The quantitative estimate of drug-likeness (QED) is 0.717. The molecule has 0 bridgehead atoms. The summed E-state index contributed by atoms with van der Waals surface area (Å²) in [5, 5.41) is 6.53. The first kappa shape index (κ1) is 17.4. The molecule has 0 saturated carbocycles. The average molecular weight is 283 g/mol. The molecule has 0 spiro atoms. The highest BCUT2D eigenvalue weighted by molar-refractivity contribution is 5.81. The van der Waals surface area contributed by atoms with E-state index in [0.29, 0.717) is 0 Å². The molecule has 20 heavy (non-hydrogen) atoms. The normalized spacial score (nSPS) is 21.5. The van der Waals surface area contributed by atoms with Crippen LogP contribution in [-0.4, -0.2) is 49.1 Å². The maximum atomic E-state index is 12.2. The molecule has 1 amide bonds. The van der Waals surface area contributed by atoms with Crippen LogP contribution in [0.3, 0.4) is 0 Å². The minimum Gasteiger partial charge on any atom is -0.352 e. The average Bonchev–Trinajstić information content (AvgIpc) is 2.72. The SMILES string of the molecule is CCN(CC)CCCC(C)NC(=O)C1CCCCCN1. The second-order valence-corrected chi connectivity index (χ2v) is 5.93. The molecule has 0 aromatic heterocycles. The molecule has 0 radical (unpaired) electrons. The van der Waals surface area contributed by atoms with Crippen LogP contribution in [0.2, 0.25) is 0 Å². The minimum atomic E-state index is 0.0303. The van der Waals surface area contributed by atoms with Crippen molar-refractivity contribution in [2.45, 2.75) is 71.4 Å². The van der Waals surface area contributed by atoms with Crippen molar-refractivity contribution in [1.82, 2.24) is 15.5 Å². The van der Waals surface area contributed by atoms with E-state index in [4.69, 9.17) is 0 Å². The van der Waals surface area contributed by atoms with Gasteiger partial charge in [0.05, 0.1) is 6.04 Å². The van der Waals surface area contributed by atoms with E-state index >= 15 is 0 Å². The van der Waals surface area contributed by atoms with Crippen molar-refractivity contribution in [2.24, 2.45) is 0 Å². The molecule has 0 aromatic rings. The third kappa shape index (κ3) is 6.71. The summed E-state index contributed by atoms with van der Waals surface area (Å²) in [6, 6.07) is 0.311. The summed E-state index contributed by atoms with van der Waals surface area (Å²) < 4.78 is 0. The van der Waals surface area contributed by atoms with Crippen LogP contribution < -0.4 is 10.6 Å². The molecule has 0 aromatic carbocycles. The van der Waals surface area contributed by atoms with Crippen molar-refractivity contribution in [3.05, 3.63) is 0 Å². The smallest absolute Gasteiger partial charge is 0.237 e. The van der Waals surface area contributed by atoms with Crippen LogP contribution in [0.15, 0.2) is 0 Å². The van der Waals surface area contributed by atoms with Gasteiger partial charge in [0.15, 0.2) is 0 Å². The molecule has 118 valence electrons. The number of hydrogen-bond donors (Lipinski definition) is 2. The number of nitrogens with one attached hydrogen (secondary N) is 2. The van der Waals surface area contributed by atoms with Crippen LogP contribution in [0.5, 0.6) is 0 Å². The summed E-state index contributed by atoms with van der Waals surface area (Å²) in [6.45, 7) is 10.9. The molecule has 2 N–H and O–H groups in total. The molecule has 1 rings (SSSR count). The van der Waals surface area contributed by atoms with Gasteiger partial charge in [-0.2, -0.15) is 0 Å². The van der Waals surface area contributed by atoms with E-state index in [1.54, 1.807) is 0 Å². The van der Waals surface area contributed by atoms with Gasteiger partial charge in [-0.1, -0.05) is 26.7 Å². The second kappa shape index (κ2) is 10.2. The molecule has 1 aliphatic rings. The summed E-state index contributed by atoms with van der Waals surface area (Å²) in [5.74, 6) is 0.197. The van der Waals surface area contributed by atoms with Crippen LogP contribution >= 0.6 is 0 Å². The Kier molecular flexibility index (Phi) is 8.86. The lowest BCUT2D eigenvalue weighted by molar-refractivity contribution is -0.123. The van der Waals surface area contributed by atoms with E-state index in [9.17, 15) is 4.79 Å². The zero-order valence-corrected chi connectivity index (χ0v) is 13.6. The maximum Gasteiger partial charge on any atom is 0.237 e. The fourth-order valence-electron chi connectivity index (χ4n) is 2.83. The van der Waals surface area contributed by atoms with Crippen molar-refractivity contribution in [1.29, 1.82) is 0 Å². The van der Waals surface area contributed by atoms with Crippen LogP contribution in [0.25, 0.3) is 0 Å². The molecular weight excluding hydrogens is 250 g/mol. The minimum absolute atomic E-state index is 0.0303. The zero-order chi connectivity index (χ0) is 14.8. The van der Waals surface area contributed by atoms with E-state index in [0.717, 1.165) is 45.4 Å². The largest absolute Gasteiger partial charge is 0.352 e. The number of hydrogen-bond acceptors (Lipinski definition) is 3. The molecular formula is C16H33N3O. The molecule has 1 aliphatic heterocycles. The summed E-state index contributed by atoms with van der Waals surface area (Å²) in [5.41, 5.74) is 0. The van der Waals surface area contributed by atoms with E-state index in [1.807, 2.05) is 0 Å². The number of carbonyl (C=O) groups excluding carboxylic acids is 1. The lowest BCUT2D eigenvalue weighted by atomic mass is 10.1. The first-order valence-corrected chi connectivity index (χ1v) is 8.43. The molecule has 0 aliphatic carbocycles. The van der Waals surface area contributed by atoms with Crippen molar-refractivity contribution in [3.63, 3.8) is 0 Å². The summed E-state index contributed by atoms with van der Waals surface area (Å²) in [4.78, 5) is 14.6. The Balaban J connectivity index is 2.20. The van der Waals surface area contributed by atoms with Gasteiger partial charge < -0.3 is 15.5 Å². The maximum absolute atomic E-state index is 12.2. The van der Waals surface area contributed by atoms with Crippen molar-refractivity contribution >= 4 is 5.91 Å². The first-order chi connectivity index (χ1) is 9.67. The van der Waals surface area contributed by atoms with Crippen LogP contribution in [0.4, 0.5) is 0 Å². The predicted molar refractivity (Wildman–Crippen MR) is 84.9 cm³/mol. The number of nitrogens with zero attached hydrogens (tertiary/aromatic N) is 1. The second-order valence-electron chi connectivity index (χ2n) is 5.93. The highest BCUT2D eigenvalue weighted by atomic mass is 16.2. The van der Waals surface area contributed by atoms with Gasteiger partial charge >= 0.3 is 0 Å². The molecule has 2 atom stereocenters. The molecule has 1 saturated heterocycles. The third-order valence-corrected chi connectivity index (χ3v) is 4.27. The van der Waals surface area contributed by atoms with Gasteiger partial charge in [-0.3, -0.25) is 4.79 Å². The summed E-state index contributed by atoms with van der Waals surface area (Å²) >= 11 is 0. The third-order valence-electron chi connectivity index (χ3n) is 4.27. The molecule has 1 fully saturated rings. The van der Waals surface area contributed by atoms with Gasteiger partial charge in [0.1, 0.15) is 0 Å². The fourth-order valence-corrected chi connectivity index (χ4v) is 2.83. The first-order valence-electron chi connectivity index (χ1n) is 8.43. The van der Waals surface area contributed by atoms with Crippen molar-refractivity contribution in [3.8, 4) is 0 Å². The lowest BCUT2D eigenvalue weighted by Crippen LogP contribution is -2.46. The molecule has 4 heteroatoms. The van der Waals surface area contributed by atoms with Gasteiger partial charge in [0.2, 0.25) is 5.91 Å². The van der Waals surface area contributed by atoms with Crippen LogP contribution in [0, 0.1) is 0 Å². The number of amides is 1. The van der Waals surface area contributed by atoms with Gasteiger partial charge in [0.25, 0.3) is 0 Å². The van der Waals surface area contributed by atoms with Crippen molar-refractivity contribution < 1.29 is 4.79 Å². The van der Waals surface area contributed by atoms with Crippen molar-refractivity contribution in [2.75, 3.05) is 26.2 Å². The summed E-state index contributed by atoms with van der Waals surface area (Å²) in [7, 11) is 0. The van der Waals surface area contributed by atoms with Crippen LogP contribution in [-0.2, 0) is 4.79 Å². The Morgan fingerprint density at radius 2 is 2.05 bits per heavy atom. The Labute approximate surface area is 124 Å². The molecule has 2 unspecified atom stereocenters. The van der Waals surface area contributed by atoms with E-state index in [2.05, 4.69) is 36.3 Å². The number of carbonyl (C=O) groups is 1. The Hall–Kier alpha value is -0.610.